The van der Waals surface area contributed by atoms with E-state index in [0.717, 1.165) is 6.07 Å². The van der Waals surface area contributed by atoms with E-state index >= 15 is 0 Å². The molecule has 0 saturated heterocycles. The lowest BCUT2D eigenvalue weighted by atomic mass is 10.1. The van der Waals surface area contributed by atoms with Gasteiger partial charge in [-0.25, -0.2) is 4.39 Å². The molecule has 0 aliphatic rings. The molecule has 1 aromatic carbocycles. The highest BCUT2D eigenvalue weighted by atomic mass is 19.4. The molecule has 1 heterocycles. The number of halogens is 4. The van der Waals surface area contributed by atoms with Crippen LogP contribution in [-0.4, -0.2) is 10.8 Å². The lowest BCUT2D eigenvalue weighted by Gasteiger charge is -2.21. The summed E-state index contributed by atoms with van der Waals surface area (Å²) in [5.41, 5.74) is 3.47. The molecular formula is C14H14F4N2O2. The molecule has 0 spiro atoms. The zero-order chi connectivity index (χ0) is 16.7. The fourth-order valence-electron chi connectivity index (χ4n) is 1.80. The summed E-state index contributed by atoms with van der Waals surface area (Å²) in [4.78, 5) is 0. The number of aromatic nitrogens is 1. The van der Waals surface area contributed by atoms with Gasteiger partial charge in [0.05, 0.1) is 0 Å². The van der Waals surface area contributed by atoms with Crippen molar-refractivity contribution < 1.29 is 26.8 Å². The Hall–Kier alpha value is -2.25. The number of hydrogen-bond donors (Lipinski definition) is 1. The highest BCUT2D eigenvalue weighted by Gasteiger charge is 2.40. The van der Waals surface area contributed by atoms with E-state index in [1.54, 1.807) is 20.8 Å². The van der Waals surface area contributed by atoms with Crippen molar-refractivity contribution in [2.75, 3.05) is 5.73 Å². The number of alkyl halides is 3. The zero-order valence-corrected chi connectivity index (χ0v) is 12.1. The molecule has 1 aromatic heterocycles. The van der Waals surface area contributed by atoms with Crippen LogP contribution in [0.15, 0.2) is 22.7 Å². The number of hydrogen-bond acceptors (Lipinski definition) is 4. The number of ether oxygens (including phenoxy) is 1. The van der Waals surface area contributed by atoms with Gasteiger partial charge in [0.25, 0.3) is 5.76 Å². The van der Waals surface area contributed by atoms with E-state index in [1.807, 2.05) is 0 Å². The van der Waals surface area contributed by atoms with Gasteiger partial charge in [-0.1, -0.05) is 5.16 Å². The number of benzene rings is 1. The first-order chi connectivity index (χ1) is 9.99. The van der Waals surface area contributed by atoms with Gasteiger partial charge < -0.3 is 15.0 Å². The van der Waals surface area contributed by atoms with Gasteiger partial charge in [-0.2, -0.15) is 13.2 Å². The average Bonchev–Trinajstić information content (AvgIpc) is 2.69. The third-order valence-electron chi connectivity index (χ3n) is 2.61. The fourth-order valence-corrected chi connectivity index (χ4v) is 1.80. The molecule has 8 heteroatoms. The van der Waals surface area contributed by atoms with E-state index < -0.39 is 34.7 Å². The third kappa shape index (κ3) is 3.32. The molecular weight excluding hydrogens is 304 g/mol. The second-order valence-electron chi connectivity index (χ2n) is 5.63. The summed E-state index contributed by atoms with van der Waals surface area (Å²) >= 11 is 0. The van der Waals surface area contributed by atoms with Gasteiger partial charge in [0.1, 0.15) is 28.5 Å². The summed E-state index contributed by atoms with van der Waals surface area (Å²) in [5, 5.41) is 3.22. The largest absolute Gasteiger partial charge is 0.488 e. The Morgan fingerprint density at radius 1 is 1.18 bits per heavy atom. The topological polar surface area (TPSA) is 61.3 Å². The molecule has 0 fully saturated rings. The summed E-state index contributed by atoms with van der Waals surface area (Å²) in [6, 6.07) is 3.72. The van der Waals surface area contributed by atoms with Crippen LogP contribution >= 0.6 is 0 Å². The summed E-state index contributed by atoms with van der Waals surface area (Å²) in [7, 11) is 0. The summed E-state index contributed by atoms with van der Waals surface area (Å²) in [6.07, 6.45) is -4.79. The Morgan fingerprint density at radius 2 is 1.82 bits per heavy atom. The van der Waals surface area contributed by atoms with Gasteiger partial charge in [0, 0.05) is 11.6 Å². The van der Waals surface area contributed by atoms with Gasteiger partial charge in [-0.05, 0) is 32.9 Å². The smallest absolute Gasteiger partial charge is 0.454 e. The standard InChI is InChI=1S/C14H14F4N2O2/c1-13(2,3)21-7-4-5-8(9(15)6-7)11-10(19)12(22-20-11)14(16,17)18/h4-6H,19H2,1-3H3. The van der Waals surface area contributed by atoms with Crippen LogP contribution in [0.5, 0.6) is 5.75 Å². The lowest BCUT2D eigenvalue weighted by Crippen LogP contribution is -2.22. The van der Waals surface area contributed by atoms with Crippen LogP contribution < -0.4 is 10.5 Å². The first kappa shape index (κ1) is 16.1. The predicted octanol–water partition coefficient (Wildman–Crippen LogP) is 4.26. The quantitative estimate of drug-likeness (QED) is 0.841. The van der Waals surface area contributed by atoms with Crippen LogP contribution in [0.1, 0.15) is 26.5 Å². The maximum absolute atomic E-state index is 14.1. The normalized spacial score (nSPS) is 12.5. The summed E-state index contributed by atoms with van der Waals surface area (Å²) in [5.74, 6) is -2.01. The van der Waals surface area contributed by atoms with Crippen molar-refractivity contribution in [1.29, 1.82) is 0 Å². The molecule has 2 aromatic rings. The zero-order valence-electron chi connectivity index (χ0n) is 12.1. The summed E-state index contributed by atoms with van der Waals surface area (Å²) < 4.78 is 61.6. The Balaban J connectivity index is 2.41. The van der Waals surface area contributed by atoms with Crippen LogP contribution in [0, 0.1) is 5.82 Å². The van der Waals surface area contributed by atoms with E-state index in [2.05, 4.69) is 9.68 Å². The van der Waals surface area contributed by atoms with Crippen LogP contribution in [0.3, 0.4) is 0 Å². The molecule has 120 valence electrons. The molecule has 2 N–H and O–H groups in total. The molecule has 2 rings (SSSR count). The maximum Gasteiger partial charge on any atom is 0.454 e. The fraction of sp³-hybridized carbons (Fsp3) is 0.357. The number of nitrogen functional groups attached to an aromatic ring is 1. The second kappa shape index (κ2) is 5.19. The molecule has 0 unspecified atom stereocenters. The van der Waals surface area contributed by atoms with E-state index in [4.69, 9.17) is 10.5 Å². The Kier molecular flexibility index (Phi) is 3.80. The molecule has 0 saturated carbocycles. The lowest BCUT2D eigenvalue weighted by molar-refractivity contribution is -0.154. The minimum absolute atomic E-state index is 0.196. The number of anilines is 1. The van der Waals surface area contributed by atoms with Crippen molar-refractivity contribution in [2.24, 2.45) is 0 Å². The van der Waals surface area contributed by atoms with Crippen molar-refractivity contribution in [1.82, 2.24) is 5.16 Å². The number of nitrogens with zero attached hydrogens (tertiary/aromatic N) is 1. The highest BCUT2D eigenvalue weighted by Crippen LogP contribution is 2.39. The SMILES string of the molecule is CC(C)(C)Oc1ccc(-c2noc(C(F)(F)F)c2N)c(F)c1. The third-order valence-corrected chi connectivity index (χ3v) is 2.61. The van der Waals surface area contributed by atoms with E-state index in [1.165, 1.54) is 12.1 Å². The van der Waals surface area contributed by atoms with Crippen LogP contribution in [0.2, 0.25) is 0 Å². The van der Waals surface area contributed by atoms with Crippen LogP contribution in [0.4, 0.5) is 23.2 Å². The highest BCUT2D eigenvalue weighted by molar-refractivity contribution is 5.74. The Morgan fingerprint density at radius 3 is 2.27 bits per heavy atom. The minimum atomic E-state index is -4.79. The molecule has 0 bridgehead atoms. The van der Waals surface area contributed by atoms with Gasteiger partial charge in [0.2, 0.25) is 0 Å². The van der Waals surface area contributed by atoms with Crippen LogP contribution in [0.25, 0.3) is 11.3 Å². The molecule has 0 aliphatic heterocycles. The molecule has 4 nitrogen and oxygen atoms in total. The monoisotopic (exact) mass is 318 g/mol. The molecule has 0 aliphatic carbocycles. The second-order valence-corrected chi connectivity index (χ2v) is 5.63. The van der Waals surface area contributed by atoms with Crippen LogP contribution in [-0.2, 0) is 6.18 Å². The van der Waals surface area contributed by atoms with Crippen molar-refractivity contribution in [3.8, 4) is 17.0 Å². The van der Waals surface area contributed by atoms with Gasteiger partial charge in [-0.3, -0.25) is 0 Å². The van der Waals surface area contributed by atoms with E-state index in [9.17, 15) is 17.6 Å². The molecule has 22 heavy (non-hydrogen) atoms. The van der Waals surface area contributed by atoms with E-state index in [0.29, 0.717) is 0 Å². The van der Waals surface area contributed by atoms with Crippen molar-refractivity contribution in [3.63, 3.8) is 0 Å². The Labute approximate surface area is 123 Å². The first-order valence-corrected chi connectivity index (χ1v) is 6.30. The maximum atomic E-state index is 14.1. The number of rotatable bonds is 2. The van der Waals surface area contributed by atoms with Gasteiger partial charge in [0.15, 0.2) is 0 Å². The van der Waals surface area contributed by atoms with Crippen molar-refractivity contribution in [2.45, 2.75) is 32.5 Å². The van der Waals surface area contributed by atoms with Crippen molar-refractivity contribution >= 4 is 5.69 Å². The predicted molar refractivity (Wildman–Crippen MR) is 71.7 cm³/mol. The van der Waals surface area contributed by atoms with Crippen molar-refractivity contribution in [3.05, 3.63) is 29.8 Å². The van der Waals surface area contributed by atoms with Gasteiger partial charge >= 0.3 is 6.18 Å². The average molecular weight is 318 g/mol. The van der Waals surface area contributed by atoms with Gasteiger partial charge in [-0.15, -0.1) is 0 Å². The molecule has 0 radical (unpaired) electrons. The summed E-state index contributed by atoms with van der Waals surface area (Å²) in [6.45, 7) is 5.35. The Bertz CT molecular complexity index is 687. The first-order valence-electron chi connectivity index (χ1n) is 6.30. The number of nitrogens with two attached hydrogens (primary N) is 1. The molecule has 0 atom stereocenters. The minimum Gasteiger partial charge on any atom is -0.488 e. The van der Waals surface area contributed by atoms with E-state index in [-0.39, 0.29) is 11.3 Å². The molecule has 0 amide bonds.